The van der Waals surface area contributed by atoms with Crippen LogP contribution in [-0.4, -0.2) is 34.2 Å². The third-order valence-corrected chi connectivity index (χ3v) is 3.31. The van der Waals surface area contributed by atoms with Gasteiger partial charge >= 0.3 is 0 Å². The molecule has 2 N–H and O–H groups in total. The quantitative estimate of drug-likeness (QED) is 0.907. The summed E-state index contributed by atoms with van der Waals surface area (Å²) in [5, 5.41) is 9.27. The van der Waals surface area contributed by atoms with Crippen LogP contribution in [0.2, 0.25) is 0 Å². The molecule has 0 radical (unpaired) electrons. The molecule has 7 heteroatoms. The third kappa shape index (κ3) is 3.08. The number of carbonyl (C=O) groups is 1. The number of hydrogen-bond acceptors (Lipinski definition) is 3. The molecule has 1 aliphatic rings. The van der Waals surface area contributed by atoms with Crippen molar-refractivity contribution in [3.63, 3.8) is 0 Å². The molecular weight excluding hydrogens is 278 g/mol. The summed E-state index contributed by atoms with van der Waals surface area (Å²) in [5.41, 5.74) is 1.33. The Bertz CT molecular complexity index is 642. The Morgan fingerprint density at radius 2 is 2.29 bits per heavy atom. The van der Waals surface area contributed by atoms with Crippen molar-refractivity contribution in [3.05, 3.63) is 42.7 Å². The molecule has 1 unspecified atom stereocenters. The summed E-state index contributed by atoms with van der Waals surface area (Å²) in [5.74, 6) is -3.27. The number of amides is 1. The Morgan fingerprint density at radius 1 is 1.43 bits per heavy atom. The van der Waals surface area contributed by atoms with Gasteiger partial charge in [0.1, 0.15) is 0 Å². The van der Waals surface area contributed by atoms with Gasteiger partial charge in [-0.15, -0.1) is 0 Å². The molecule has 1 fully saturated rings. The molecule has 0 spiro atoms. The van der Waals surface area contributed by atoms with E-state index >= 15 is 0 Å². The Balaban J connectivity index is 1.71. The first kappa shape index (κ1) is 13.7. The van der Waals surface area contributed by atoms with Crippen LogP contribution in [0.15, 0.2) is 42.7 Å². The number of nitrogens with one attached hydrogen (secondary N) is 2. The number of nitrogens with zero attached hydrogens (tertiary/aromatic N) is 2. The van der Waals surface area contributed by atoms with Gasteiger partial charge in [0.25, 0.3) is 5.92 Å². The highest BCUT2D eigenvalue weighted by Gasteiger charge is 2.42. The van der Waals surface area contributed by atoms with E-state index in [0.29, 0.717) is 5.69 Å². The van der Waals surface area contributed by atoms with E-state index in [-0.39, 0.29) is 0 Å². The van der Waals surface area contributed by atoms with Crippen LogP contribution in [0, 0.1) is 0 Å². The zero-order chi connectivity index (χ0) is 14.9. The molecule has 2 aromatic rings. The van der Waals surface area contributed by atoms with Gasteiger partial charge in [-0.2, -0.15) is 5.10 Å². The average Bonchev–Trinajstić information content (AvgIpc) is 3.08. The van der Waals surface area contributed by atoms with Gasteiger partial charge in [-0.3, -0.25) is 10.1 Å². The Hall–Kier alpha value is -2.28. The van der Waals surface area contributed by atoms with Crippen LogP contribution in [0.3, 0.4) is 0 Å². The second-order valence-corrected chi connectivity index (χ2v) is 4.98. The standard InChI is InChI=1S/C14H14F2N4O/c15-14(16)8-12(17-9-14)13(21)19-10-3-1-4-11(7-10)20-6-2-5-18-20/h1-7,12,17H,8-9H2,(H,19,21). The van der Waals surface area contributed by atoms with Crippen molar-refractivity contribution in [2.75, 3.05) is 11.9 Å². The van der Waals surface area contributed by atoms with Gasteiger partial charge in [-0.1, -0.05) is 6.07 Å². The smallest absolute Gasteiger partial charge is 0.262 e. The number of benzene rings is 1. The number of halogens is 2. The lowest BCUT2D eigenvalue weighted by Crippen LogP contribution is -2.35. The molecule has 1 amide bonds. The number of anilines is 1. The second kappa shape index (κ2) is 5.25. The van der Waals surface area contributed by atoms with E-state index < -0.39 is 30.8 Å². The first-order valence-corrected chi connectivity index (χ1v) is 6.56. The molecule has 110 valence electrons. The second-order valence-electron chi connectivity index (χ2n) is 4.98. The summed E-state index contributed by atoms with van der Waals surface area (Å²) in [6, 6.07) is 7.97. The lowest BCUT2D eigenvalue weighted by Gasteiger charge is -2.12. The lowest BCUT2D eigenvalue weighted by atomic mass is 10.1. The molecule has 0 bridgehead atoms. The number of carbonyl (C=O) groups excluding carboxylic acids is 1. The third-order valence-electron chi connectivity index (χ3n) is 3.31. The minimum absolute atomic E-state index is 0.454. The Morgan fingerprint density at radius 3 is 2.95 bits per heavy atom. The maximum atomic E-state index is 13.1. The van der Waals surface area contributed by atoms with Crippen LogP contribution >= 0.6 is 0 Å². The zero-order valence-corrected chi connectivity index (χ0v) is 11.1. The minimum atomic E-state index is -2.82. The molecule has 1 aromatic carbocycles. The molecule has 1 atom stereocenters. The average molecular weight is 292 g/mol. The summed E-state index contributed by atoms with van der Waals surface area (Å²) in [4.78, 5) is 12.0. The van der Waals surface area contributed by atoms with Crippen LogP contribution in [0.4, 0.5) is 14.5 Å². The highest BCUT2D eigenvalue weighted by Crippen LogP contribution is 2.26. The van der Waals surface area contributed by atoms with Crippen molar-refractivity contribution in [3.8, 4) is 5.69 Å². The largest absolute Gasteiger partial charge is 0.325 e. The van der Waals surface area contributed by atoms with Crippen molar-refractivity contribution < 1.29 is 13.6 Å². The van der Waals surface area contributed by atoms with Gasteiger partial charge in [0, 0.05) is 24.5 Å². The Kier molecular flexibility index (Phi) is 3.42. The van der Waals surface area contributed by atoms with E-state index in [1.807, 2.05) is 6.07 Å². The number of hydrogen-bond donors (Lipinski definition) is 2. The number of alkyl halides is 2. The lowest BCUT2D eigenvalue weighted by molar-refractivity contribution is -0.118. The van der Waals surface area contributed by atoms with Crippen molar-refractivity contribution in [2.45, 2.75) is 18.4 Å². The minimum Gasteiger partial charge on any atom is -0.325 e. The fourth-order valence-corrected chi connectivity index (χ4v) is 2.28. The van der Waals surface area contributed by atoms with Gasteiger partial charge in [-0.05, 0) is 24.3 Å². The molecule has 0 aliphatic carbocycles. The van der Waals surface area contributed by atoms with E-state index in [9.17, 15) is 13.6 Å². The fraction of sp³-hybridized carbons (Fsp3) is 0.286. The molecule has 1 aliphatic heterocycles. The van der Waals surface area contributed by atoms with Gasteiger partial charge in [0.05, 0.1) is 18.3 Å². The summed E-state index contributed by atoms with van der Waals surface area (Å²) >= 11 is 0. The molecule has 5 nitrogen and oxygen atoms in total. The number of aromatic nitrogens is 2. The summed E-state index contributed by atoms with van der Waals surface area (Å²) < 4.78 is 27.8. The summed E-state index contributed by atoms with van der Waals surface area (Å²) in [6.07, 6.45) is 2.95. The molecular formula is C14H14F2N4O. The van der Waals surface area contributed by atoms with Gasteiger partial charge < -0.3 is 5.32 Å². The van der Waals surface area contributed by atoms with E-state index in [0.717, 1.165) is 5.69 Å². The van der Waals surface area contributed by atoms with E-state index in [2.05, 4.69) is 15.7 Å². The summed E-state index contributed by atoms with van der Waals surface area (Å²) in [7, 11) is 0. The van der Waals surface area contributed by atoms with E-state index in [4.69, 9.17) is 0 Å². The first-order chi connectivity index (χ1) is 10.0. The van der Waals surface area contributed by atoms with Crippen molar-refractivity contribution in [1.29, 1.82) is 0 Å². The van der Waals surface area contributed by atoms with Gasteiger partial charge in [0.15, 0.2) is 0 Å². The summed E-state index contributed by atoms with van der Waals surface area (Å²) in [6.45, 7) is -0.460. The van der Waals surface area contributed by atoms with Gasteiger partial charge in [0.2, 0.25) is 5.91 Å². The van der Waals surface area contributed by atoms with Crippen LogP contribution in [0.25, 0.3) is 5.69 Å². The highest BCUT2D eigenvalue weighted by molar-refractivity contribution is 5.95. The normalized spacial score (nSPS) is 20.4. The van der Waals surface area contributed by atoms with Crippen LogP contribution in [-0.2, 0) is 4.79 Å². The predicted molar refractivity (Wildman–Crippen MR) is 73.5 cm³/mol. The van der Waals surface area contributed by atoms with Crippen molar-refractivity contribution >= 4 is 11.6 Å². The maximum Gasteiger partial charge on any atom is 0.262 e. The van der Waals surface area contributed by atoms with Crippen LogP contribution < -0.4 is 10.6 Å². The SMILES string of the molecule is O=C(Nc1cccc(-n2cccn2)c1)C1CC(F)(F)CN1. The molecule has 3 rings (SSSR count). The highest BCUT2D eigenvalue weighted by atomic mass is 19.3. The fourth-order valence-electron chi connectivity index (χ4n) is 2.28. The molecule has 21 heavy (non-hydrogen) atoms. The van der Waals surface area contributed by atoms with Gasteiger partial charge in [-0.25, -0.2) is 13.5 Å². The topological polar surface area (TPSA) is 59.0 Å². The monoisotopic (exact) mass is 292 g/mol. The zero-order valence-electron chi connectivity index (χ0n) is 11.1. The van der Waals surface area contributed by atoms with Crippen molar-refractivity contribution in [2.24, 2.45) is 0 Å². The van der Waals surface area contributed by atoms with E-state index in [1.54, 1.807) is 41.3 Å². The van der Waals surface area contributed by atoms with E-state index in [1.165, 1.54) is 0 Å². The molecule has 1 aromatic heterocycles. The Labute approximate surface area is 120 Å². The van der Waals surface area contributed by atoms with Crippen LogP contribution in [0.5, 0.6) is 0 Å². The van der Waals surface area contributed by atoms with Crippen LogP contribution in [0.1, 0.15) is 6.42 Å². The molecule has 2 heterocycles. The van der Waals surface area contributed by atoms with Crippen molar-refractivity contribution in [1.82, 2.24) is 15.1 Å². The first-order valence-electron chi connectivity index (χ1n) is 6.56. The predicted octanol–water partition coefficient (Wildman–Crippen LogP) is 1.81. The maximum absolute atomic E-state index is 13.1. The molecule has 0 saturated carbocycles. The number of rotatable bonds is 3. The molecule has 1 saturated heterocycles.